The van der Waals surface area contributed by atoms with Crippen LogP contribution in [0.25, 0.3) is 0 Å². The van der Waals surface area contributed by atoms with Gasteiger partial charge in [0.2, 0.25) is 0 Å². The molecule has 0 aliphatic heterocycles. The number of ether oxygens (including phenoxy) is 1. The molecule has 0 bridgehead atoms. The Kier molecular flexibility index (Phi) is 4.10. The maximum absolute atomic E-state index is 12.9. The van der Waals surface area contributed by atoms with Crippen LogP contribution in [0, 0.1) is 5.82 Å². The zero-order valence-corrected chi connectivity index (χ0v) is 12.4. The smallest absolute Gasteiger partial charge is 0.146 e. The van der Waals surface area contributed by atoms with E-state index >= 15 is 0 Å². The molecule has 116 valence electrons. The van der Waals surface area contributed by atoms with Gasteiger partial charge in [-0.15, -0.1) is 0 Å². The third-order valence-electron chi connectivity index (χ3n) is 3.48. The summed E-state index contributed by atoms with van der Waals surface area (Å²) in [5.74, 6) is 1.33. The van der Waals surface area contributed by atoms with E-state index in [1.165, 1.54) is 12.1 Å². The molecule has 0 radical (unpaired) electrons. The van der Waals surface area contributed by atoms with Gasteiger partial charge in [-0.2, -0.15) is 0 Å². The first-order chi connectivity index (χ1) is 11.1. The summed E-state index contributed by atoms with van der Waals surface area (Å²) in [5, 5.41) is 0. The van der Waals surface area contributed by atoms with Crippen LogP contribution in [-0.4, -0.2) is 4.98 Å². The third kappa shape index (κ3) is 3.58. The second-order valence-corrected chi connectivity index (χ2v) is 5.15. The SMILES string of the molecule is Nc1nccc(Cc2ccc(Oc3ccc(F)cc3)cc2)c1N. The fourth-order valence-electron chi connectivity index (χ4n) is 2.22. The molecule has 0 saturated heterocycles. The number of halogens is 1. The first-order valence-corrected chi connectivity index (χ1v) is 7.13. The maximum atomic E-state index is 12.9. The summed E-state index contributed by atoms with van der Waals surface area (Å²) in [7, 11) is 0. The molecule has 5 heteroatoms. The highest BCUT2D eigenvalue weighted by atomic mass is 19.1. The molecule has 4 N–H and O–H groups in total. The molecule has 3 aromatic rings. The lowest BCUT2D eigenvalue weighted by Gasteiger charge is -2.09. The summed E-state index contributed by atoms with van der Waals surface area (Å²) in [6, 6.07) is 15.4. The quantitative estimate of drug-likeness (QED) is 0.769. The van der Waals surface area contributed by atoms with Gasteiger partial charge < -0.3 is 16.2 Å². The van der Waals surface area contributed by atoms with Crippen LogP contribution in [0.5, 0.6) is 11.5 Å². The van der Waals surface area contributed by atoms with E-state index in [1.807, 2.05) is 30.3 Å². The fraction of sp³-hybridized carbons (Fsp3) is 0.0556. The number of hydrogen-bond acceptors (Lipinski definition) is 4. The molecule has 0 saturated carbocycles. The van der Waals surface area contributed by atoms with Crippen LogP contribution in [-0.2, 0) is 6.42 Å². The monoisotopic (exact) mass is 309 g/mol. The van der Waals surface area contributed by atoms with Gasteiger partial charge in [0.25, 0.3) is 0 Å². The molecule has 0 fully saturated rings. The van der Waals surface area contributed by atoms with E-state index in [4.69, 9.17) is 16.2 Å². The van der Waals surface area contributed by atoms with Gasteiger partial charge in [0, 0.05) is 6.20 Å². The van der Waals surface area contributed by atoms with Crippen LogP contribution in [0.4, 0.5) is 15.9 Å². The molecule has 0 aliphatic carbocycles. The number of rotatable bonds is 4. The Morgan fingerprint density at radius 3 is 2.13 bits per heavy atom. The van der Waals surface area contributed by atoms with Crippen LogP contribution in [0.1, 0.15) is 11.1 Å². The first kappa shape index (κ1) is 14.8. The lowest BCUT2D eigenvalue weighted by atomic mass is 10.0. The van der Waals surface area contributed by atoms with Crippen molar-refractivity contribution in [2.24, 2.45) is 0 Å². The minimum absolute atomic E-state index is 0.290. The second kappa shape index (κ2) is 6.36. The van der Waals surface area contributed by atoms with Crippen molar-refractivity contribution in [2.45, 2.75) is 6.42 Å². The van der Waals surface area contributed by atoms with Crippen LogP contribution < -0.4 is 16.2 Å². The Hall–Kier alpha value is -3.08. The molecular weight excluding hydrogens is 293 g/mol. The normalized spacial score (nSPS) is 10.5. The molecule has 0 atom stereocenters. The van der Waals surface area contributed by atoms with Crippen molar-refractivity contribution in [1.29, 1.82) is 0 Å². The van der Waals surface area contributed by atoms with E-state index in [0.717, 1.165) is 11.1 Å². The summed E-state index contributed by atoms with van der Waals surface area (Å²) >= 11 is 0. The molecule has 0 amide bonds. The predicted molar refractivity (Wildman–Crippen MR) is 88.8 cm³/mol. The van der Waals surface area contributed by atoms with Crippen molar-refractivity contribution in [3.05, 3.63) is 77.7 Å². The topological polar surface area (TPSA) is 74.2 Å². The summed E-state index contributed by atoms with van der Waals surface area (Å²) in [4.78, 5) is 3.95. The molecule has 2 aromatic carbocycles. The molecule has 0 spiro atoms. The van der Waals surface area contributed by atoms with Crippen molar-refractivity contribution >= 4 is 11.5 Å². The number of benzene rings is 2. The van der Waals surface area contributed by atoms with Gasteiger partial charge in [-0.05, 0) is 60.0 Å². The number of anilines is 2. The van der Waals surface area contributed by atoms with E-state index < -0.39 is 0 Å². The average molecular weight is 309 g/mol. The van der Waals surface area contributed by atoms with Crippen molar-refractivity contribution in [3.8, 4) is 11.5 Å². The lowest BCUT2D eigenvalue weighted by Crippen LogP contribution is -2.02. The van der Waals surface area contributed by atoms with Gasteiger partial charge in [-0.25, -0.2) is 9.37 Å². The zero-order valence-electron chi connectivity index (χ0n) is 12.4. The van der Waals surface area contributed by atoms with E-state index in [2.05, 4.69) is 4.98 Å². The van der Waals surface area contributed by atoms with Crippen LogP contribution in [0.15, 0.2) is 60.8 Å². The Bertz CT molecular complexity index is 802. The summed E-state index contributed by atoms with van der Waals surface area (Å²) in [6.07, 6.45) is 2.31. The molecule has 0 unspecified atom stereocenters. The highest BCUT2D eigenvalue weighted by Gasteiger charge is 2.05. The summed E-state index contributed by atoms with van der Waals surface area (Å²) < 4.78 is 18.5. The Balaban J connectivity index is 1.72. The van der Waals surface area contributed by atoms with Crippen molar-refractivity contribution < 1.29 is 9.13 Å². The number of nitrogens with two attached hydrogens (primary N) is 2. The number of nitrogen functional groups attached to an aromatic ring is 2. The standard InChI is InChI=1S/C18H16FN3O/c19-14-3-7-16(8-4-14)23-15-5-1-12(2-6-15)11-13-9-10-22-18(21)17(13)20/h1-10H,11,20H2,(H2,21,22). The van der Waals surface area contributed by atoms with Crippen molar-refractivity contribution in [1.82, 2.24) is 4.98 Å². The van der Waals surface area contributed by atoms with E-state index in [1.54, 1.807) is 18.3 Å². The second-order valence-electron chi connectivity index (χ2n) is 5.15. The molecule has 3 rings (SSSR count). The van der Waals surface area contributed by atoms with Crippen molar-refractivity contribution in [2.75, 3.05) is 11.5 Å². The summed E-state index contributed by atoms with van der Waals surface area (Å²) in [6.45, 7) is 0. The largest absolute Gasteiger partial charge is 0.457 e. The van der Waals surface area contributed by atoms with Crippen LogP contribution >= 0.6 is 0 Å². The zero-order chi connectivity index (χ0) is 16.2. The van der Waals surface area contributed by atoms with E-state index in [9.17, 15) is 4.39 Å². The molecular formula is C18H16FN3O. The number of aromatic nitrogens is 1. The molecule has 1 heterocycles. The van der Waals surface area contributed by atoms with Crippen LogP contribution in [0.2, 0.25) is 0 Å². The first-order valence-electron chi connectivity index (χ1n) is 7.13. The fourth-order valence-corrected chi connectivity index (χ4v) is 2.22. The van der Waals surface area contributed by atoms with E-state index in [-0.39, 0.29) is 5.82 Å². The molecule has 4 nitrogen and oxygen atoms in total. The van der Waals surface area contributed by atoms with Gasteiger partial charge in [0.05, 0.1) is 5.69 Å². The Labute approximate surface area is 133 Å². The average Bonchev–Trinajstić information content (AvgIpc) is 2.56. The van der Waals surface area contributed by atoms with Gasteiger partial charge >= 0.3 is 0 Å². The molecule has 1 aromatic heterocycles. The molecule has 0 aliphatic rings. The van der Waals surface area contributed by atoms with Crippen LogP contribution in [0.3, 0.4) is 0 Å². The summed E-state index contributed by atoms with van der Waals surface area (Å²) in [5.41, 5.74) is 14.2. The highest BCUT2D eigenvalue weighted by Crippen LogP contribution is 2.24. The van der Waals surface area contributed by atoms with E-state index in [0.29, 0.717) is 29.4 Å². The van der Waals surface area contributed by atoms with Gasteiger partial charge in [0.15, 0.2) is 0 Å². The van der Waals surface area contributed by atoms with Gasteiger partial charge in [-0.1, -0.05) is 12.1 Å². The van der Waals surface area contributed by atoms with Crippen molar-refractivity contribution in [3.63, 3.8) is 0 Å². The number of nitrogens with zero attached hydrogens (tertiary/aromatic N) is 1. The Morgan fingerprint density at radius 1 is 0.870 bits per heavy atom. The minimum Gasteiger partial charge on any atom is -0.457 e. The third-order valence-corrected chi connectivity index (χ3v) is 3.48. The number of hydrogen-bond donors (Lipinski definition) is 2. The number of pyridine rings is 1. The minimum atomic E-state index is -0.290. The van der Waals surface area contributed by atoms with Gasteiger partial charge in [-0.3, -0.25) is 0 Å². The molecule has 23 heavy (non-hydrogen) atoms. The highest BCUT2D eigenvalue weighted by molar-refractivity contribution is 5.63. The predicted octanol–water partition coefficient (Wildman–Crippen LogP) is 3.77. The maximum Gasteiger partial charge on any atom is 0.146 e. The Morgan fingerprint density at radius 2 is 1.48 bits per heavy atom. The lowest BCUT2D eigenvalue weighted by molar-refractivity contribution is 0.480. The van der Waals surface area contributed by atoms with Gasteiger partial charge in [0.1, 0.15) is 23.1 Å².